The number of allylic oxidation sites excluding steroid dienone is 1. The van der Waals surface area contributed by atoms with Crippen molar-refractivity contribution >= 4 is 17.4 Å². The number of aromatic nitrogens is 5. The van der Waals surface area contributed by atoms with Crippen LogP contribution in [0.1, 0.15) is 44.6 Å². The summed E-state index contributed by atoms with van der Waals surface area (Å²) in [5, 5.41) is 23.1. The average Bonchev–Trinajstić information content (AvgIpc) is 3.33. The van der Waals surface area contributed by atoms with Crippen molar-refractivity contribution in [3.63, 3.8) is 0 Å². The predicted molar refractivity (Wildman–Crippen MR) is 114 cm³/mol. The van der Waals surface area contributed by atoms with E-state index < -0.39 is 18.0 Å². The zero-order chi connectivity index (χ0) is 23.2. The van der Waals surface area contributed by atoms with Crippen molar-refractivity contribution in [1.82, 2.24) is 29.9 Å². The van der Waals surface area contributed by atoms with Gasteiger partial charge < -0.3 is 10.4 Å². The summed E-state index contributed by atoms with van der Waals surface area (Å²) in [7, 11) is 0. The highest BCUT2D eigenvalue weighted by molar-refractivity contribution is 5.86. The monoisotopic (exact) mass is 462 g/mol. The molecule has 9 nitrogen and oxygen atoms in total. The maximum atomic E-state index is 12.8. The fraction of sp³-hybridized carbons (Fsp3) is 0.571. The van der Waals surface area contributed by atoms with Gasteiger partial charge in [-0.25, -0.2) is 9.97 Å². The Kier molecular flexibility index (Phi) is 5.65. The summed E-state index contributed by atoms with van der Waals surface area (Å²) in [5.74, 6) is 0.499. The van der Waals surface area contributed by atoms with Crippen molar-refractivity contribution in [3.8, 4) is 0 Å². The first-order chi connectivity index (χ1) is 15.8. The number of piperidine rings is 2. The first kappa shape index (κ1) is 22.0. The van der Waals surface area contributed by atoms with Gasteiger partial charge in [-0.2, -0.15) is 28.2 Å². The third-order valence-corrected chi connectivity index (χ3v) is 6.66. The topological polar surface area (TPSA) is 104 Å². The molecule has 2 bridgehead atoms. The molecule has 2 aromatic rings. The third kappa shape index (κ3) is 4.36. The number of fused-ring (bicyclic) bond motifs is 3. The molecule has 3 fully saturated rings. The molecule has 12 heteroatoms. The molecule has 0 amide bonds. The first-order valence-electron chi connectivity index (χ1n) is 11.0. The largest absolute Gasteiger partial charge is 0.419 e. The molecule has 5 heterocycles. The normalized spacial score (nSPS) is 26.9. The number of aliphatic imine (C=N–C) groups is 1. The summed E-state index contributed by atoms with van der Waals surface area (Å²) in [6.07, 6.45) is 3.53. The van der Waals surface area contributed by atoms with E-state index in [4.69, 9.17) is 0 Å². The molecule has 4 aliphatic rings. The maximum absolute atomic E-state index is 12.8. The smallest absolute Gasteiger partial charge is 0.372 e. The molecule has 0 spiro atoms. The number of anilines is 1. The average molecular weight is 462 g/mol. The lowest BCUT2D eigenvalue weighted by molar-refractivity contribution is -0.138. The van der Waals surface area contributed by atoms with Crippen molar-refractivity contribution in [2.24, 2.45) is 10.9 Å². The Bertz CT molecular complexity index is 1050. The minimum atomic E-state index is -4.48. The molecular formula is C21H25F3N8O. The van der Waals surface area contributed by atoms with Crippen LogP contribution in [-0.2, 0) is 6.18 Å². The molecular weight excluding hydrogens is 437 g/mol. The number of hydrogen-bond donors (Lipinski definition) is 2. The summed E-state index contributed by atoms with van der Waals surface area (Å²) in [6.45, 7) is 2.66. The molecule has 3 aliphatic heterocycles. The van der Waals surface area contributed by atoms with Crippen LogP contribution in [0.3, 0.4) is 0 Å². The molecule has 0 radical (unpaired) electrons. The molecule has 4 unspecified atom stereocenters. The van der Waals surface area contributed by atoms with Gasteiger partial charge in [-0.1, -0.05) is 0 Å². The van der Waals surface area contributed by atoms with Gasteiger partial charge in [-0.05, 0) is 44.9 Å². The Balaban J connectivity index is 1.38. The number of aliphatic hydroxyl groups excluding tert-OH is 1. The van der Waals surface area contributed by atoms with Gasteiger partial charge >= 0.3 is 6.18 Å². The van der Waals surface area contributed by atoms with Gasteiger partial charge in [0, 0.05) is 36.7 Å². The zero-order valence-electron chi connectivity index (χ0n) is 18.1. The second-order valence-corrected chi connectivity index (χ2v) is 8.86. The van der Waals surface area contributed by atoms with E-state index in [0.717, 1.165) is 56.0 Å². The van der Waals surface area contributed by atoms with Crippen LogP contribution in [0.5, 0.6) is 0 Å². The molecule has 176 valence electrons. The highest BCUT2D eigenvalue weighted by atomic mass is 19.4. The number of alkyl halides is 3. The number of hydrogen-bond acceptors (Lipinski definition) is 8. The minimum absolute atomic E-state index is 0.0346. The molecule has 2 saturated heterocycles. The Morgan fingerprint density at radius 3 is 2.52 bits per heavy atom. The Morgan fingerprint density at radius 1 is 1.12 bits per heavy atom. The van der Waals surface area contributed by atoms with E-state index in [9.17, 15) is 18.3 Å². The van der Waals surface area contributed by atoms with Gasteiger partial charge in [0.05, 0.1) is 23.7 Å². The molecule has 2 N–H and O–H groups in total. The molecule has 4 atom stereocenters. The van der Waals surface area contributed by atoms with Crippen LogP contribution in [0.15, 0.2) is 35.5 Å². The molecule has 0 aromatic carbocycles. The van der Waals surface area contributed by atoms with Gasteiger partial charge in [0.25, 0.3) is 0 Å². The van der Waals surface area contributed by atoms with E-state index in [1.165, 1.54) is 4.80 Å². The van der Waals surface area contributed by atoms with Crippen LogP contribution < -0.4 is 5.32 Å². The van der Waals surface area contributed by atoms with Crippen molar-refractivity contribution in [3.05, 3.63) is 36.0 Å². The van der Waals surface area contributed by atoms with E-state index in [1.54, 1.807) is 12.4 Å². The second kappa shape index (κ2) is 8.49. The lowest BCUT2D eigenvalue weighted by Crippen LogP contribution is -2.61. The molecule has 2 aromatic heterocycles. The van der Waals surface area contributed by atoms with Gasteiger partial charge in [0.1, 0.15) is 5.70 Å². The fourth-order valence-corrected chi connectivity index (χ4v) is 5.06. The first-order valence-corrected chi connectivity index (χ1v) is 11.0. The Morgan fingerprint density at radius 2 is 1.85 bits per heavy atom. The Hall–Kier alpha value is -2.86. The lowest BCUT2D eigenvalue weighted by atomic mass is 9.76. The lowest BCUT2D eigenvalue weighted by Gasteiger charge is -2.51. The summed E-state index contributed by atoms with van der Waals surface area (Å²) in [6, 6.07) is -0.128. The van der Waals surface area contributed by atoms with Gasteiger partial charge in [-0.15, -0.1) is 0 Å². The van der Waals surface area contributed by atoms with E-state index in [1.807, 2.05) is 11.8 Å². The van der Waals surface area contributed by atoms with Crippen LogP contribution in [0.25, 0.3) is 5.70 Å². The minimum Gasteiger partial charge on any atom is -0.372 e. The molecule has 1 aliphatic carbocycles. The van der Waals surface area contributed by atoms with Gasteiger partial charge in [0.2, 0.25) is 5.95 Å². The summed E-state index contributed by atoms with van der Waals surface area (Å²) in [4.78, 5) is 15.9. The van der Waals surface area contributed by atoms with Gasteiger partial charge in [0.15, 0.2) is 6.23 Å². The fourth-order valence-electron chi connectivity index (χ4n) is 5.06. The number of halogens is 3. The zero-order valence-corrected chi connectivity index (χ0v) is 18.1. The number of nitrogens with zero attached hydrogens (tertiary/aromatic N) is 7. The quantitative estimate of drug-likeness (QED) is 0.704. The number of rotatable bonds is 5. The highest BCUT2D eigenvalue weighted by Crippen LogP contribution is 2.39. The maximum Gasteiger partial charge on any atom is 0.419 e. The van der Waals surface area contributed by atoms with Crippen molar-refractivity contribution in [2.45, 2.75) is 63.5 Å². The summed E-state index contributed by atoms with van der Waals surface area (Å²) < 4.78 is 38.5. The van der Waals surface area contributed by atoms with Crippen LogP contribution in [0.2, 0.25) is 0 Å². The highest BCUT2D eigenvalue weighted by Gasteiger charge is 2.45. The van der Waals surface area contributed by atoms with Gasteiger partial charge in [-0.3, -0.25) is 9.89 Å². The van der Waals surface area contributed by atoms with Crippen molar-refractivity contribution < 1.29 is 18.3 Å². The number of nitrogens with one attached hydrogen (secondary N) is 1. The van der Waals surface area contributed by atoms with Crippen molar-refractivity contribution in [2.75, 3.05) is 11.9 Å². The second-order valence-electron chi connectivity index (χ2n) is 8.86. The molecule has 1 saturated carbocycles. The van der Waals surface area contributed by atoms with Crippen molar-refractivity contribution in [1.29, 1.82) is 0 Å². The van der Waals surface area contributed by atoms with Crippen LogP contribution in [0.4, 0.5) is 19.1 Å². The summed E-state index contributed by atoms with van der Waals surface area (Å²) in [5.41, 5.74) is 1.38. The third-order valence-electron chi connectivity index (χ3n) is 6.66. The van der Waals surface area contributed by atoms with E-state index in [-0.39, 0.29) is 18.0 Å². The molecule has 33 heavy (non-hydrogen) atoms. The Labute approximate surface area is 188 Å². The van der Waals surface area contributed by atoms with Crippen LogP contribution >= 0.6 is 0 Å². The molecule has 6 rings (SSSR count). The van der Waals surface area contributed by atoms with E-state index in [0.29, 0.717) is 18.0 Å². The predicted octanol–water partition coefficient (Wildman–Crippen LogP) is 2.79. The van der Waals surface area contributed by atoms with E-state index >= 15 is 0 Å². The van der Waals surface area contributed by atoms with Crippen LogP contribution in [0, 0.1) is 5.92 Å². The van der Waals surface area contributed by atoms with E-state index in [2.05, 4.69) is 30.5 Å². The summed E-state index contributed by atoms with van der Waals surface area (Å²) >= 11 is 0. The standard InChI is InChI=1S/C21H25F3N8O/c1-12-2-4-17(32-27-6-7-28-32)18(29-12)19(33)31-11-13-3-5-16(31)15(8-13)30-20-25-9-14(10-26-20)21(22,23)24/h6-7,9-10,13,15-16,19,33H,2-5,8,11H2,1H3,(H,25,26,30). The SMILES string of the molecule is CC1=NC(C(O)N2CC3CCC2C(Nc2ncc(C(F)(F)F)cn2)C3)=C(n2nccn2)CC1. The number of aliphatic hydroxyl groups is 1. The van der Waals surface area contributed by atoms with Crippen LogP contribution in [-0.4, -0.2) is 65.5 Å².